The van der Waals surface area contributed by atoms with E-state index in [0.717, 1.165) is 5.69 Å². The Hall–Kier alpha value is -1.36. The van der Waals surface area contributed by atoms with Crippen molar-refractivity contribution in [3.05, 3.63) is 17.0 Å². The van der Waals surface area contributed by atoms with Crippen LogP contribution in [0.3, 0.4) is 0 Å². The van der Waals surface area contributed by atoms with Gasteiger partial charge in [-0.1, -0.05) is 0 Å². The van der Waals surface area contributed by atoms with Crippen LogP contribution < -0.4 is 0 Å². The highest BCUT2D eigenvalue weighted by Crippen LogP contribution is 2.25. The molecule has 0 unspecified atom stereocenters. The van der Waals surface area contributed by atoms with Crippen LogP contribution in [0.5, 0.6) is 0 Å². The van der Waals surface area contributed by atoms with E-state index in [2.05, 4.69) is 5.10 Å². The normalized spacial score (nSPS) is 13.1. The van der Waals surface area contributed by atoms with Gasteiger partial charge in [-0.05, 0) is 27.7 Å². The van der Waals surface area contributed by atoms with E-state index in [1.54, 1.807) is 11.6 Å². The van der Waals surface area contributed by atoms with Gasteiger partial charge in [-0.25, -0.2) is 0 Å². The number of aryl methyl sites for hydroxylation is 1. The molecule has 0 saturated carbocycles. The maximum absolute atomic E-state index is 10.6. The Morgan fingerprint density at radius 1 is 1.44 bits per heavy atom. The lowest BCUT2D eigenvalue weighted by atomic mass is 10.0. The van der Waals surface area contributed by atoms with Crippen molar-refractivity contribution in [3.8, 4) is 0 Å². The number of rotatable bonds is 4. The van der Waals surface area contributed by atoms with Crippen LogP contribution in [-0.2, 0) is 4.79 Å². The van der Waals surface area contributed by atoms with Crippen molar-refractivity contribution in [3.63, 3.8) is 0 Å². The number of nitrogens with zero attached hydrogens (tertiary/aromatic N) is 2. The number of hydrogen-bond donors (Lipinski definition) is 2. The first kappa shape index (κ1) is 12.7. The minimum absolute atomic E-state index is 0.199. The van der Waals surface area contributed by atoms with Gasteiger partial charge in [-0.2, -0.15) is 5.10 Å². The SMILES string of the molecule is Cc1nn(C(C)C)c(C)c1[C@H](O)CC(=O)O. The molecule has 1 aromatic heterocycles. The van der Waals surface area contributed by atoms with Crippen molar-refractivity contribution in [1.29, 1.82) is 0 Å². The second kappa shape index (κ2) is 4.65. The molecule has 0 spiro atoms. The average molecular weight is 226 g/mol. The van der Waals surface area contributed by atoms with Gasteiger partial charge in [0.15, 0.2) is 0 Å². The predicted molar refractivity (Wildman–Crippen MR) is 59.3 cm³/mol. The van der Waals surface area contributed by atoms with E-state index >= 15 is 0 Å². The van der Waals surface area contributed by atoms with Crippen LogP contribution >= 0.6 is 0 Å². The number of aromatic nitrogens is 2. The summed E-state index contributed by atoms with van der Waals surface area (Å²) in [5.41, 5.74) is 2.16. The molecule has 2 N–H and O–H groups in total. The lowest BCUT2D eigenvalue weighted by molar-refractivity contribution is -0.139. The second-order valence-electron chi connectivity index (χ2n) is 4.24. The van der Waals surface area contributed by atoms with Gasteiger partial charge >= 0.3 is 5.97 Å². The number of carboxylic acids is 1. The summed E-state index contributed by atoms with van der Waals surface area (Å²) < 4.78 is 1.80. The summed E-state index contributed by atoms with van der Waals surface area (Å²) in [5.74, 6) is -1.01. The zero-order valence-corrected chi connectivity index (χ0v) is 10.1. The van der Waals surface area contributed by atoms with Crippen molar-refractivity contribution in [2.75, 3.05) is 0 Å². The van der Waals surface area contributed by atoms with E-state index in [0.29, 0.717) is 11.3 Å². The molecule has 1 heterocycles. The molecule has 0 amide bonds. The van der Waals surface area contributed by atoms with Crippen molar-refractivity contribution < 1.29 is 15.0 Å². The molecular weight excluding hydrogens is 208 g/mol. The summed E-state index contributed by atoms with van der Waals surface area (Å²) >= 11 is 0. The van der Waals surface area contributed by atoms with E-state index < -0.39 is 12.1 Å². The summed E-state index contributed by atoms with van der Waals surface area (Å²) in [7, 11) is 0. The number of aliphatic carboxylic acids is 1. The van der Waals surface area contributed by atoms with Crippen molar-refractivity contribution in [2.24, 2.45) is 0 Å². The highest BCUT2D eigenvalue weighted by atomic mass is 16.4. The van der Waals surface area contributed by atoms with Crippen molar-refractivity contribution >= 4 is 5.97 Å². The molecular formula is C11H18N2O3. The monoisotopic (exact) mass is 226 g/mol. The Labute approximate surface area is 94.7 Å². The zero-order chi connectivity index (χ0) is 12.5. The summed E-state index contributed by atoms with van der Waals surface area (Å²) in [6.45, 7) is 7.62. The fourth-order valence-electron chi connectivity index (χ4n) is 1.93. The van der Waals surface area contributed by atoms with Gasteiger partial charge < -0.3 is 10.2 Å². The number of hydrogen-bond acceptors (Lipinski definition) is 3. The maximum Gasteiger partial charge on any atom is 0.306 e. The molecule has 0 bridgehead atoms. The molecule has 5 nitrogen and oxygen atoms in total. The molecule has 0 radical (unpaired) electrons. The Bertz CT molecular complexity index is 396. The summed E-state index contributed by atoms with van der Waals surface area (Å²) in [4.78, 5) is 10.6. The first-order chi connectivity index (χ1) is 7.34. The van der Waals surface area contributed by atoms with Crippen LogP contribution in [0.1, 0.15) is 49.4 Å². The number of carbonyl (C=O) groups is 1. The third-order valence-corrected chi connectivity index (χ3v) is 2.57. The quantitative estimate of drug-likeness (QED) is 0.817. The minimum Gasteiger partial charge on any atom is -0.481 e. The highest BCUT2D eigenvalue weighted by molar-refractivity contribution is 5.67. The van der Waals surface area contributed by atoms with Crippen molar-refractivity contribution in [1.82, 2.24) is 9.78 Å². The van der Waals surface area contributed by atoms with Crippen LogP contribution in [0.25, 0.3) is 0 Å². The van der Waals surface area contributed by atoms with Crippen LogP contribution in [-0.4, -0.2) is 26.0 Å². The molecule has 0 aliphatic rings. The molecule has 0 fully saturated rings. The molecule has 0 saturated heterocycles. The van der Waals surface area contributed by atoms with Crippen molar-refractivity contribution in [2.45, 2.75) is 46.3 Å². The molecule has 1 aromatic rings. The minimum atomic E-state index is -1.01. The molecule has 1 atom stereocenters. The molecule has 0 aliphatic carbocycles. The van der Waals surface area contributed by atoms with Gasteiger partial charge in [0.25, 0.3) is 0 Å². The van der Waals surface area contributed by atoms with Gasteiger partial charge in [0.05, 0.1) is 18.2 Å². The predicted octanol–water partition coefficient (Wildman–Crippen LogP) is 1.59. The molecule has 0 aromatic carbocycles. The standard InChI is InChI=1S/C11H18N2O3/c1-6(2)13-8(4)11(7(3)12-13)9(14)5-10(15)16/h6,9,14H,5H2,1-4H3,(H,15,16)/t9-/m1/s1. The molecule has 90 valence electrons. The van der Waals surface area contributed by atoms with Crippen LogP contribution in [0.2, 0.25) is 0 Å². The Balaban J connectivity index is 3.09. The van der Waals surface area contributed by atoms with Gasteiger partial charge in [0.1, 0.15) is 0 Å². The van der Waals surface area contributed by atoms with Gasteiger partial charge in [0.2, 0.25) is 0 Å². The van der Waals surface area contributed by atoms with Crippen LogP contribution in [0.4, 0.5) is 0 Å². The maximum atomic E-state index is 10.6. The van der Waals surface area contributed by atoms with Crippen LogP contribution in [0.15, 0.2) is 0 Å². The third kappa shape index (κ3) is 2.41. The highest BCUT2D eigenvalue weighted by Gasteiger charge is 2.21. The summed E-state index contributed by atoms with van der Waals surface area (Å²) in [6, 6.07) is 0.199. The Kier molecular flexibility index (Phi) is 3.70. The first-order valence-corrected chi connectivity index (χ1v) is 5.30. The average Bonchev–Trinajstić information content (AvgIpc) is 2.40. The van der Waals surface area contributed by atoms with E-state index in [4.69, 9.17) is 5.11 Å². The van der Waals surface area contributed by atoms with E-state index in [9.17, 15) is 9.90 Å². The Morgan fingerprint density at radius 3 is 2.38 bits per heavy atom. The van der Waals surface area contributed by atoms with Gasteiger partial charge in [0, 0.05) is 17.3 Å². The number of carboxylic acid groups (broad SMARTS) is 1. The molecule has 5 heteroatoms. The lowest BCUT2D eigenvalue weighted by Crippen LogP contribution is -2.09. The fraction of sp³-hybridized carbons (Fsp3) is 0.636. The van der Waals surface area contributed by atoms with Crippen LogP contribution in [0, 0.1) is 13.8 Å². The fourth-order valence-corrected chi connectivity index (χ4v) is 1.93. The first-order valence-electron chi connectivity index (χ1n) is 5.30. The van der Waals surface area contributed by atoms with E-state index in [-0.39, 0.29) is 12.5 Å². The number of aliphatic hydroxyl groups excluding tert-OH is 1. The largest absolute Gasteiger partial charge is 0.481 e. The molecule has 0 aliphatic heterocycles. The molecule has 1 rings (SSSR count). The van der Waals surface area contributed by atoms with Gasteiger partial charge in [-0.3, -0.25) is 9.48 Å². The topological polar surface area (TPSA) is 75.3 Å². The van der Waals surface area contributed by atoms with E-state index in [1.165, 1.54) is 0 Å². The summed E-state index contributed by atoms with van der Waals surface area (Å²) in [6.07, 6.45) is -1.27. The summed E-state index contributed by atoms with van der Waals surface area (Å²) in [5, 5.41) is 22.8. The third-order valence-electron chi connectivity index (χ3n) is 2.57. The smallest absolute Gasteiger partial charge is 0.306 e. The Morgan fingerprint density at radius 2 is 2.00 bits per heavy atom. The zero-order valence-electron chi connectivity index (χ0n) is 10.1. The number of aliphatic hydroxyl groups is 1. The van der Waals surface area contributed by atoms with Gasteiger partial charge in [-0.15, -0.1) is 0 Å². The lowest BCUT2D eigenvalue weighted by Gasteiger charge is -2.11. The van der Waals surface area contributed by atoms with E-state index in [1.807, 2.05) is 20.8 Å². The molecule has 16 heavy (non-hydrogen) atoms. The second-order valence-corrected chi connectivity index (χ2v) is 4.24.